The van der Waals surface area contributed by atoms with Crippen LogP contribution in [0.4, 0.5) is 0 Å². The first-order valence-electron chi connectivity index (χ1n) is 17.4. The first kappa shape index (κ1) is 29.3. The number of rotatable bonds is 4. The first-order chi connectivity index (χ1) is 24.5. The molecule has 0 aliphatic carbocycles. The first-order valence-corrected chi connectivity index (χ1v) is 18.9. The van der Waals surface area contributed by atoms with Gasteiger partial charge in [0.15, 0.2) is 0 Å². The Morgan fingerprint density at radius 1 is 0.480 bits per heavy atom. The molecule has 242 valence electrons. The van der Waals surface area contributed by atoms with Crippen LogP contribution in [0.3, 0.4) is 0 Å². The third-order valence-corrected chi connectivity index (χ3v) is 13.1. The van der Waals surface area contributed by atoms with Gasteiger partial charge in [0.05, 0.1) is 15.2 Å². The minimum absolute atomic E-state index is 0.358. The van der Waals surface area contributed by atoms with Crippen LogP contribution in [0.5, 0.6) is 0 Å². The molecular formula is C45H34N2O2S. The van der Waals surface area contributed by atoms with Gasteiger partial charge in [-0.3, -0.25) is 0 Å². The van der Waals surface area contributed by atoms with Gasteiger partial charge in [0, 0.05) is 56.7 Å². The molecule has 0 fully saturated rings. The molecule has 10 rings (SSSR count). The van der Waals surface area contributed by atoms with Crippen LogP contribution in [0, 0.1) is 0 Å². The van der Waals surface area contributed by atoms with E-state index in [2.05, 4.69) is 120 Å². The molecule has 0 spiro atoms. The van der Waals surface area contributed by atoms with Gasteiger partial charge in [-0.15, -0.1) is 0 Å². The van der Waals surface area contributed by atoms with Crippen LogP contribution >= 0.6 is 0 Å². The number of benzene rings is 7. The molecule has 3 heterocycles. The summed E-state index contributed by atoms with van der Waals surface area (Å²) in [4.78, 5) is 0.715. The molecule has 0 unspecified atom stereocenters. The molecule has 5 heteroatoms. The smallest absolute Gasteiger partial charge is 0.207 e. The van der Waals surface area contributed by atoms with Crippen molar-refractivity contribution in [1.29, 1.82) is 0 Å². The Hall–Kier alpha value is -5.65. The second-order valence-electron chi connectivity index (χ2n) is 13.4. The number of para-hydroxylation sites is 1. The van der Waals surface area contributed by atoms with E-state index >= 15 is 0 Å². The van der Waals surface area contributed by atoms with E-state index in [4.69, 9.17) is 0 Å². The van der Waals surface area contributed by atoms with Crippen molar-refractivity contribution in [2.45, 2.75) is 42.1 Å². The summed E-state index contributed by atoms with van der Waals surface area (Å²) in [5.74, 6) is 0. The number of nitrogens with zero attached hydrogens (tertiary/aromatic N) is 2. The highest BCUT2D eigenvalue weighted by Crippen LogP contribution is 2.55. The molecule has 9 aromatic rings. The van der Waals surface area contributed by atoms with Crippen molar-refractivity contribution in [3.05, 3.63) is 168 Å². The molecule has 50 heavy (non-hydrogen) atoms. The van der Waals surface area contributed by atoms with Crippen LogP contribution in [0.25, 0.3) is 54.4 Å². The summed E-state index contributed by atoms with van der Waals surface area (Å²) >= 11 is 0. The lowest BCUT2D eigenvalue weighted by Gasteiger charge is -2.42. The van der Waals surface area contributed by atoms with Gasteiger partial charge in [-0.2, -0.15) is 0 Å². The molecule has 0 saturated carbocycles. The molecule has 0 N–H and O–H groups in total. The van der Waals surface area contributed by atoms with E-state index in [1.54, 1.807) is 12.1 Å². The van der Waals surface area contributed by atoms with E-state index in [0.717, 1.165) is 40.7 Å². The fraction of sp³-hybridized carbons (Fsp3) is 0.111. The number of aryl methyl sites for hydroxylation is 2. The van der Waals surface area contributed by atoms with E-state index in [1.807, 2.05) is 36.4 Å². The average Bonchev–Trinajstić information content (AvgIpc) is 3.67. The zero-order valence-corrected chi connectivity index (χ0v) is 28.7. The van der Waals surface area contributed by atoms with Crippen molar-refractivity contribution in [3.8, 4) is 0 Å². The Balaban J connectivity index is 1.41. The zero-order chi connectivity index (χ0) is 33.8. The van der Waals surface area contributed by atoms with Crippen LogP contribution in [-0.2, 0) is 28.3 Å². The van der Waals surface area contributed by atoms with Crippen molar-refractivity contribution in [3.63, 3.8) is 0 Å². The summed E-state index contributed by atoms with van der Waals surface area (Å²) in [5.41, 5.74) is 7.47. The van der Waals surface area contributed by atoms with Crippen molar-refractivity contribution < 1.29 is 8.42 Å². The van der Waals surface area contributed by atoms with Crippen LogP contribution in [0.15, 0.2) is 155 Å². The van der Waals surface area contributed by atoms with Crippen molar-refractivity contribution in [2.75, 3.05) is 0 Å². The van der Waals surface area contributed by atoms with Gasteiger partial charge >= 0.3 is 0 Å². The highest BCUT2D eigenvalue weighted by atomic mass is 32.2. The second-order valence-corrected chi connectivity index (χ2v) is 15.3. The van der Waals surface area contributed by atoms with Gasteiger partial charge in [0.2, 0.25) is 9.84 Å². The van der Waals surface area contributed by atoms with E-state index in [-0.39, 0.29) is 0 Å². The van der Waals surface area contributed by atoms with Gasteiger partial charge in [-0.25, -0.2) is 8.42 Å². The Morgan fingerprint density at radius 2 is 0.980 bits per heavy atom. The number of hydrogen-bond acceptors (Lipinski definition) is 2. The molecule has 7 aromatic carbocycles. The molecule has 1 aliphatic rings. The Kier molecular flexibility index (Phi) is 6.11. The quantitative estimate of drug-likeness (QED) is 0.188. The van der Waals surface area contributed by atoms with Gasteiger partial charge in [-0.05, 0) is 95.4 Å². The molecule has 0 atom stereocenters. The molecule has 0 saturated heterocycles. The third kappa shape index (κ3) is 3.62. The molecule has 0 radical (unpaired) electrons. The van der Waals surface area contributed by atoms with Crippen LogP contribution in [0.1, 0.15) is 36.1 Å². The molecule has 0 bridgehead atoms. The highest BCUT2D eigenvalue weighted by molar-refractivity contribution is 7.91. The largest absolute Gasteiger partial charge is 0.341 e. The summed E-state index contributed by atoms with van der Waals surface area (Å²) in [6.45, 7) is 6.07. The Morgan fingerprint density at radius 3 is 1.66 bits per heavy atom. The summed E-state index contributed by atoms with van der Waals surface area (Å²) in [7, 11) is -3.78. The van der Waals surface area contributed by atoms with Crippen molar-refractivity contribution >= 4 is 64.2 Å². The zero-order valence-electron chi connectivity index (χ0n) is 27.9. The maximum absolute atomic E-state index is 14.4. The van der Waals surface area contributed by atoms with E-state index in [0.29, 0.717) is 9.79 Å². The highest BCUT2D eigenvalue weighted by Gasteiger charge is 2.49. The SMILES string of the molecule is CCn1c2ccccc2c2cc(C3(c4ccc5c(c4)c4c6ccccc6ccc4n5CC)c4ccccc4S(=O)(=O)c4ccccc43)ccc21. The van der Waals surface area contributed by atoms with Gasteiger partial charge < -0.3 is 9.13 Å². The lowest BCUT2D eigenvalue weighted by Crippen LogP contribution is -2.37. The average molecular weight is 667 g/mol. The summed E-state index contributed by atoms with van der Waals surface area (Å²) in [5, 5.41) is 7.17. The number of hydrogen-bond donors (Lipinski definition) is 0. The molecular weight excluding hydrogens is 633 g/mol. The standard InChI is InChI=1S/C45H34N2O2S/c1-3-46-38-18-10-7-15-33(38)34-27-30(22-25-39(34)46)45(36-16-8-11-19-42(36)50(48,49)43-20-12-9-17-37(43)45)31-23-26-40-35(28-31)44-32-14-6-5-13-29(32)21-24-41(44)47(40)4-2/h5-28H,3-4H2,1-2H3. The fourth-order valence-corrected chi connectivity index (χ4v) is 10.9. The molecule has 0 amide bonds. The van der Waals surface area contributed by atoms with E-state index < -0.39 is 15.3 Å². The minimum atomic E-state index is -3.78. The summed E-state index contributed by atoms with van der Waals surface area (Å²) < 4.78 is 33.7. The number of sulfone groups is 1. The number of aromatic nitrogens is 2. The maximum atomic E-state index is 14.4. The maximum Gasteiger partial charge on any atom is 0.207 e. The van der Waals surface area contributed by atoms with Crippen molar-refractivity contribution in [1.82, 2.24) is 9.13 Å². The summed E-state index contributed by atoms with van der Waals surface area (Å²) in [6, 6.07) is 50.5. The lowest BCUT2D eigenvalue weighted by atomic mass is 9.64. The predicted octanol–water partition coefficient (Wildman–Crippen LogP) is 10.6. The topological polar surface area (TPSA) is 44.0 Å². The third-order valence-electron chi connectivity index (χ3n) is 11.2. The molecule has 1 aliphatic heterocycles. The van der Waals surface area contributed by atoms with Crippen LogP contribution in [-0.4, -0.2) is 17.6 Å². The number of fused-ring (bicyclic) bond motifs is 10. The normalized spacial score (nSPS) is 14.8. The van der Waals surface area contributed by atoms with Gasteiger partial charge in [0.1, 0.15) is 0 Å². The second kappa shape index (κ2) is 10.4. The molecule has 4 nitrogen and oxygen atoms in total. The fourth-order valence-electron chi connectivity index (χ4n) is 9.14. The van der Waals surface area contributed by atoms with Gasteiger partial charge in [0.25, 0.3) is 0 Å². The van der Waals surface area contributed by atoms with E-state index in [9.17, 15) is 8.42 Å². The Bertz CT molecular complexity index is 2930. The monoisotopic (exact) mass is 666 g/mol. The predicted molar refractivity (Wildman–Crippen MR) is 205 cm³/mol. The lowest BCUT2D eigenvalue weighted by molar-refractivity contribution is 0.579. The Labute approximate surface area is 290 Å². The minimum Gasteiger partial charge on any atom is -0.341 e. The summed E-state index contributed by atoms with van der Waals surface area (Å²) in [6.07, 6.45) is 0. The van der Waals surface area contributed by atoms with Gasteiger partial charge in [-0.1, -0.05) is 97.1 Å². The van der Waals surface area contributed by atoms with E-state index in [1.165, 1.54) is 49.0 Å². The van der Waals surface area contributed by atoms with Crippen molar-refractivity contribution in [2.24, 2.45) is 0 Å². The molecule has 2 aromatic heterocycles. The van der Waals surface area contributed by atoms with Crippen LogP contribution < -0.4 is 0 Å². The van der Waals surface area contributed by atoms with Crippen LogP contribution in [0.2, 0.25) is 0 Å².